The molecule has 3 rings (SSSR count). The first-order valence-electron chi connectivity index (χ1n) is 11.6. The van der Waals surface area contributed by atoms with Gasteiger partial charge in [0.25, 0.3) is 0 Å². The molecule has 1 saturated heterocycles. The first-order chi connectivity index (χ1) is 15.7. The number of rotatable bonds is 12. The third kappa shape index (κ3) is 8.52. The second kappa shape index (κ2) is 13.8. The fourth-order valence-electron chi connectivity index (χ4n) is 3.56. The van der Waals surface area contributed by atoms with Gasteiger partial charge >= 0.3 is 0 Å². The zero-order chi connectivity index (χ0) is 22.4. The summed E-state index contributed by atoms with van der Waals surface area (Å²) < 4.78 is 17.3. The van der Waals surface area contributed by atoms with Crippen LogP contribution in [0.2, 0.25) is 0 Å². The van der Waals surface area contributed by atoms with Gasteiger partial charge in [-0.3, -0.25) is 4.99 Å². The molecule has 1 unspecified atom stereocenters. The number of nitrogens with one attached hydrogen (secondary N) is 2. The molecule has 1 aliphatic heterocycles. The highest BCUT2D eigenvalue weighted by atomic mass is 16.5. The van der Waals surface area contributed by atoms with Gasteiger partial charge in [0.2, 0.25) is 0 Å². The molecule has 32 heavy (non-hydrogen) atoms. The molecule has 0 radical (unpaired) electrons. The SMILES string of the molecule is CN=C(NCCCCOCc1ccccc1)NCc1ccc(C)cc1OCC1CCOC1. The quantitative estimate of drug-likeness (QED) is 0.297. The summed E-state index contributed by atoms with van der Waals surface area (Å²) in [6, 6.07) is 16.6. The zero-order valence-electron chi connectivity index (χ0n) is 19.4. The van der Waals surface area contributed by atoms with E-state index in [1.54, 1.807) is 7.05 Å². The molecule has 1 atom stereocenters. The molecule has 0 bridgehead atoms. The standard InChI is InChI=1S/C26H37N3O3/c1-21-10-11-24(25(16-21)32-20-23-12-15-31-19-23)17-29-26(27-2)28-13-6-7-14-30-18-22-8-4-3-5-9-22/h3-5,8-11,16,23H,6-7,12-15,17-20H2,1-2H3,(H2,27,28,29). The number of aryl methyl sites for hydroxylation is 1. The Morgan fingerprint density at radius 3 is 2.78 bits per heavy atom. The number of ether oxygens (including phenoxy) is 3. The van der Waals surface area contributed by atoms with Crippen molar-refractivity contribution in [2.75, 3.05) is 40.0 Å². The van der Waals surface area contributed by atoms with Crippen LogP contribution in [0.25, 0.3) is 0 Å². The molecule has 1 heterocycles. The first kappa shape index (κ1) is 24.1. The monoisotopic (exact) mass is 439 g/mol. The molecule has 0 aliphatic carbocycles. The summed E-state index contributed by atoms with van der Waals surface area (Å²) in [5, 5.41) is 6.78. The van der Waals surface area contributed by atoms with Crippen molar-refractivity contribution >= 4 is 5.96 Å². The molecule has 6 nitrogen and oxygen atoms in total. The summed E-state index contributed by atoms with van der Waals surface area (Å²) in [5.74, 6) is 2.23. The van der Waals surface area contributed by atoms with Crippen LogP contribution in [0.15, 0.2) is 53.5 Å². The van der Waals surface area contributed by atoms with Crippen LogP contribution in [0.5, 0.6) is 5.75 Å². The van der Waals surface area contributed by atoms with E-state index in [1.807, 2.05) is 18.2 Å². The van der Waals surface area contributed by atoms with Crippen LogP contribution in [0.1, 0.15) is 36.0 Å². The summed E-state index contributed by atoms with van der Waals surface area (Å²) in [4.78, 5) is 4.34. The Morgan fingerprint density at radius 1 is 1.12 bits per heavy atom. The van der Waals surface area contributed by atoms with E-state index < -0.39 is 0 Å². The number of hydrogen-bond acceptors (Lipinski definition) is 4. The fourth-order valence-corrected chi connectivity index (χ4v) is 3.56. The Hall–Kier alpha value is -2.57. The molecule has 2 N–H and O–H groups in total. The topological polar surface area (TPSA) is 64.1 Å². The van der Waals surface area contributed by atoms with E-state index in [-0.39, 0.29) is 0 Å². The minimum atomic E-state index is 0.488. The molecule has 0 spiro atoms. The summed E-state index contributed by atoms with van der Waals surface area (Å²) in [6.07, 6.45) is 3.11. The maximum atomic E-state index is 6.14. The van der Waals surface area contributed by atoms with E-state index >= 15 is 0 Å². The summed E-state index contributed by atoms with van der Waals surface area (Å²) >= 11 is 0. The second-order valence-corrected chi connectivity index (χ2v) is 8.25. The Morgan fingerprint density at radius 2 is 2.00 bits per heavy atom. The predicted molar refractivity (Wildman–Crippen MR) is 129 cm³/mol. The lowest BCUT2D eigenvalue weighted by molar-refractivity contribution is 0.117. The molecule has 1 fully saturated rings. The third-order valence-corrected chi connectivity index (χ3v) is 5.51. The van der Waals surface area contributed by atoms with Gasteiger partial charge in [0.15, 0.2) is 5.96 Å². The van der Waals surface area contributed by atoms with Gasteiger partial charge in [0, 0.05) is 44.8 Å². The number of benzene rings is 2. The van der Waals surface area contributed by atoms with Crippen molar-refractivity contribution in [1.82, 2.24) is 10.6 Å². The number of unbranched alkanes of at least 4 members (excludes halogenated alkanes) is 1. The zero-order valence-corrected chi connectivity index (χ0v) is 19.4. The van der Waals surface area contributed by atoms with Crippen LogP contribution in [-0.2, 0) is 22.6 Å². The number of guanidine groups is 1. The van der Waals surface area contributed by atoms with Crippen LogP contribution in [0.4, 0.5) is 0 Å². The minimum Gasteiger partial charge on any atom is -0.493 e. The van der Waals surface area contributed by atoms with Gasteiger partial charge in [-0.1, -0.05) is 42.5 Å². The fraction of sp³-hybridized carbons (Fsp3) is 0.500. The summed E-state index contributed by atoms with van der Waals surface area (Å²) in [7, 11) is 1.80. The van der Waals surface area contributed by atoms with E-state index in [0.29, 0.717) is 25.7 Å². The smallest absolute Gasteiger partial charge is 0.191 e. The number of hydrogen-bond donors (Lipinski definition) is 2. The van der Waals surface area contributed by atoms with Crippen LogP contribution >= 0.6 is 0 Å². The van der Waals surface area contributed by atoms with Gasteiger partial charge in [0.1, 0.15) is 5.75 Å². The number of nitrogens with zero attached hydrogens (tertiary/aromatic N) is 1. The van der Waals surface area contributed by atoms with Gasteiger partial charge in [-0.25, -0.2) is 0 Å². The van der Waals surface area contributed by atoms with Crippen LogP contribution in [-0.4, -0.2) is 46.0 Å². The van der Waals surface area contributed by atoms with Gasteiger partial charge in [-0.2, -0.15) is 0 Å². The molecule has 174 valence electrons. The molecular weight excluding hydrogens is 402 g/mol. The largest absolute Gasteiger partial charge is 0.493 e. The molecule has 0 amide bonds. The lowest BCUT2D eigenvalue weighted by Gasteiger charge is -2.17. The Labute approximate surface area is 192 Å². The van der Waals surface area contributed by atoms with Crippen molar-refractivity contribution in [3.8, 4) is 5.75 Å². The maximum absolute atomic E-state index is 6.14. The van der Waals surface area contributed by atoms with Crippen molar-refractivity contribution in [1.29, 1.82) is 0 Å². The van der Waals surface area contributed by atoms with Crippen LogP contribution in [0.3, 0.4) is 0 Å². The van der Waals surface area contributed by atoms with E-state index in [0.717, 1.165) is 62.9 Å². The van der Waals surface area contributed by atoms with Crippen LogP contribution in [0, 0.1) is 12.8 Å². The first-order valence-corrected chi connectivity index (χ1v) is 11.6. The van der Waals surface area contributed by atoms with Crippen molar-refractivity contribution in [2.24, 2.45) is 10.9 Å². The molecule has 1 aliphatic rings. The van der Waals surface area contributed by atoms with E-state index in [4.69, 9.17) is 14.2 Å². The summed E-state index contributed by atoms with van der Waals surface area (Å²) in [5.41, 5.74) is 3.54. The van der Waals surface area contributed by atoms with E-state index in [2.05, 4.69) is 52.9 Å². The van der Waals surface area contributed by atoms with E-state index in [9.17, 15) is 0 Å². The number of aliphatic imine (C=N–C) groups is 1. The van der Waals surface area contributed by atoms with Gasteiger partial charge in [-0.15, -0.1) is 0 Å². The Kier molecular flexibility index (Phi) is 10.4. The highest BCUT2D eigenvalue weighted by Crippen LogP contribution is 2.22. The molecule has 2 aromatic carbocycles. The van der Waals surface area contributed by atoms with Crippen molar-refractivity contribution in [3.05, 3.63) is 65.2 Å². The molecular formula is C26H37N3O3. The lowest BCUT2D eigenvalue weighted by Crippen LogP contribution is -2.37. The van der Waals surface area contributed by atoms with Crippen molar-refractivity contribution in [2.45, 2.75) is 39.3 Å². The third-order valence-electron chi connectivity index (χ3n) is 5.51. The van der Waals surface area contributed by atoms with Gasteiger partial charge in [-0.05, 0) is 43.4 Å². The summed E-state index contributed by atoms with van der Waals surface area (Å²) in [6.45, 7) is 7.39. The lowest BCUT2D eigenvalue weighted by atomic mass is 10.1. The van der Waals surface area contributed by atoms with Gasteiger partial charge < -0.3 is 24.8 Å². The maximum Gasteiger partial charge on any atom is 0.191 e. The van der Waals surface area contributed by atoms with Crippen molar-refractivity contribution < 1.29 is 14.2 Å². The van der Waals surface area contributed by atoms with Gasteiger partial charge in [0.05, 0.1) is 19.8 Å². The van der Waals surface area contributed by atoms with E-state index in [1.165, 1.54) is 11.1 Å². The normalized spacial score (nSPS) is 16.2. The highest BCUT2D eigenvalue weighted by molar-refractivity contribution is 5.79. The second-order valence-electron chi connectivity index (χ2n) is 8.25. The van der Waals surface area contributed by atoms with Crippen molar-refractivity contribution in [3.63, 3.8) is 0 Å². The average Bonchev–Trinajstić information content (AvgIpc) is 3.34. The minimum absolute atomic E-state index is 0.488. The molecule has 0 aromatic heterocycles. The Bertz CT molecular complexity index is 820. The average molecular weight is 440 g/mol. The van der Waals surface area contributed by atoms with Crippen LogP contribution < -0.4 is 15.4 Å². The predicted octanol–water partition coefficient (Wildman–Crippen LogP) is 4.07. The molecule has 0 saturated carbocycles. The molecule has 2 aromatic rings. The molecule has 6 heteroatoms. The highest BCUT2D eigenvalue weighted by Gasteiger charge is 2.17. The Balaban J connectivity index is 1.34.